The predicted molar refractivity (Wildman–Crippen MR) is 201 cm³/mol. The van der Waals surface area contributed by atoms with Gasteiger partial charge >= 0.3 is 0 Å². The van der Waals surface area contributed by atoms with Gasteiger partial charge in [-0.2, -0.15) is 0 Å². The van der Waals surface area contributed by atoms with E-state index < -0.39 is 17.2 Å². The maximum atomic E-state index is 15.5. The van der Waals surface area contributed by atoms with Crippen LogP contribution >= 0.6 is 0 Å². The summed E-state index contributed by atoms with van der Waals surface area (Å²) in [7, 11) is 5.27. The number of nitrogens with one attached hydrogen (secondary N) is 1. The van der Waals surface area contributed by atoms with Crippen molar-refractivity contribution in [3.8, 4) is 34.4 Å². The van der Waals surface area contributed by atoms with Crippen LogP contribution in [-0.4, -0.2) is 90.8 Å². The molecule has 0 atom stereocenters. The maximum Gasteiger partial charge on any atom is 0.261 e. The van der Waals surface area contributed by atoms with Crippen molar-refractivity contribution in [3.05, 3.63) is 113 Å². The number of hydrogen-bond donors (Lipinski definition) is 1. The Kier molecular flexibility index (Phi) is 10.5. The molecule has 13 heteroatoms. The number of carbonyl (C=O) groups excluding carboxylic acids is 1. The lowest BCUT2D eigenvalue weighted by Crippen LogP contribution is -2.44. The molecule has 53 heavy (non-hydrogen) atoms. The molecule has 3 aromatic heterocycles. The van der Waals surface area contributed by atoms with E-state index in [-0.39, 0.29) is 22.4 Å². The summed E-state index contributed by atoms with van der Waals surface area (Å²) in [4.78, 5) is 40.6. The number of nitrogens with zero attached hydrogens (tertiary/aromatic N) is 5. The van der Waals surface area contributed by atoms with Gasteiger partial charge in [0.15, 0.2) is 23.1 Å². The first kappa shape index (κ1) is 35.4. The molecular weight excluding hydrogens is 679 g/mol. The highest BCUT2D eigenvalue weighted by Crippen LogP contribution is 2.38. The zero-order chi connectivity index (χ0) is 36.9. The molecule has 12 nitrogen and oxygen atoms in total. The molecule has 7 rings (SSSR count). The van der Waals surface area contributed by atoms with Gasteiger partial charge < -0.3 is 38.6 Å². The van der Waals surface area contributed by atoms with Gasteiger partial charge in [-0.1, -0.05) is 0 Å². The fourth-order valence-electron chi connectivity index (χ4n) is 6.27. The highest BCUT2D eigenvalue weighted by atomic mass is 19.1. The Morgan fingerprint density at radius 1 is 0.849 bits per heavy atom. The van der Waals surface area contributed by atoms with Gasteiger partial charge in [-0.05, 0) is 74.1 Å². The fourth-order valence-corrected chi connectivity index (χ4v) is 6.27. The van der Waals surface area contributed by atoms with Gasteiger partial charge in [0.2, 0.25) is 5.43 Å². The van der Waals surface area contributed by atoms with Gasteiger partial charge in [-0.15, -0.1) is 0 Å². The number of pyridine rings is 3. The third-order valence-electron chi connectivity index (χ3n) is 9.23. The fraction of sp³-hybridized carbons (Fsp3) is 0.250. The van der Waals surface area contributed by atoms with Crippen molar-refractivity contribution in [2.24, 2.45) is 0 Å². The first-order valence-corrected chi connectivity index (χ1v) is 17.3. The quantitative estimate of drug-likeness (QED) is 0.148. The van der Waals surface area contributed by atoms with E-state index >= 15 is 4.39 Å². The summed E-state index contributed by atoms with van der Waals surface area (Å²) in [5.41, 5.74) is 1.13. The number of hydrogen-bond acceptors (Lipinski definition) is 10. The third-order valence-corrected chi connectivity index (χ3v) is 9.23. The average Bonchev–Trinajstić information content (AvgIpc) is 3.18. The molecule has 0 aliphatic carbocycles. The number of anilines is 1. The van der Waals surface area contributed by atoms with Gasteiger partial charge in [-0.25, -0.2) is 9.37 Å². The summed E-state index contributed by atoms with van der Waals surface area (Å²) in [5.74, 6) is 0.570. The Balaban J connectivity index is 1.07. The van der Waals surface area contributed by atoms with Crippen molar-refractivity contribution in [2.45, 2.75) is 6.42 Å². The molecule has 0 bridgehead atoms. The molecule has 1 saturated heterocycles. The lowest BCUT2D eigenvalue weighted by Gasteiger charge is -2.32. The number of ether oxygens (including phenoxy) is 4. The third kappa shape index (κ3) is 7.76. The van der Waals surface area contributed by atoms with Crippen LogP contribution in [0.4, 0.5) is 10.1 Å². The molecule has 1 N–H and O–H groups in total. The number of rotatable bonds is 12. The molecule has 272 valence electrons. The minimum absolute atomic E-state index is 0.0719. The van der Waals surface area contributed by atoms with E-state index in [0.717, 1.165) is 45.2 Å². The van der Waals surface area contributed by atoms with Gasteiger partial charge in [0, 0.05) is 80.2 Å². The number of piperazine rings is 1. The molecule has 0 spiro atoms. The first-order chi connectivity index (χ1) is 25.8. The molecular formula is C40H39FN6O6. The number of halogens is 1. The highest BCUT2D eigenvalue weighted by molar-refractivity contribution is 6.05. The Morgan fingerprint density at radius 2 is 1.66 bits per heavy atom. The Bertz CT molecular complexity index is 2330. The number of benzene rings is 3. The van der Waals surface area contributed by atoms with Crippen LogP contribution in [0.25, 0.3) is 27.6 Å². The van der Waals surface area contributed by atoms with Crippen molar-refractivity contribution in [1.82, 2.24) is 24.3 Å². The largest absolute Gasteiger partial charge is 0.497 e. The predicted octanol–water partition coefficient (Wildman–Crippen LogP) is 6.15. The van der Waals surface area contributed by atoms with Crippen molar-refractivity contribution < 1.29 is 28.1 Å². The van der Waals surface area contributed by atoms with Gasteiger partial charge in [0.25, 0.3) is 5.91 Å². The summed E-state index contributed by atoms with van der Waals surface area (Å²) in [6, 6.07) is 19.6. The standard InChI is InChI=1S/C40H39FN6O6/c1-45-17-19-46(20-18-45)16-5-21-52-37-24-33-30(23-36(37)51-3)34(13-15-42-33)53-35-12-7-26(22-32(35)41)44-40(49)31-25-47(27-8-10-28(50-2)11-9-27)39-29(38(31)48)6-4-14-43-39/h4,6-15,22-25H,5,16-21H2,1-3H3,(H,44,49). The van der Waals surface area contributed by atoms with E-state index in [1.165, 1.54) is 18.3 Å². The molecule has 1 aliphatic heterocycles. The van der Waals surface area contributed by atoms with Crippen LogP contribution in [0.3, 0.4) is 0 Å². The van der Waals surface area contributed by atoms with Crippen LogP contribution in [0, 0.1) is 5.82 Å². The van der Waals surface area contributed by atoms with E-state index in [9.17, 15) is 9.59 Å². The minimum atomic E-state index is -0.724. The summed E-state index contributed by atoms with van der Waals surface area (Å²) < 4.78 is 40.2. The topological polar surface area (TPSA) is 120 Å². The van der Waals surface area contributed by atoms with Crippen molar-refractivity contribution in [3.63, 3.8) is 0 Å². The number of fused-ring (bicyclic) bond motifs is 2. The lowest BCUT2D eigenvalue weighted by molar-refractivity contribution is 0.102. The summed E-state index contributed by atoms with van der Waals surface area (Å²) >= 11 is 0. The summed E-state index contributed by atoms with van der Waals surface area (Å²) in [6.07, 6.45) is 5.45. The zero-order valence-corrected chi connectivity index (χ0v) is 29.7. The summed E-state index contributed by atoms with van der Waals surface area (Å²) in [6.45, 7) is 5.73. The second-order valence-electron chi connectivity index (χ2n) is 12.7. The van der Waals surface area contributed by atoms with Crippen molar-refractivity contribution in [1.29, 1.82) is 0 Å². The number of amides is 1. The monoisotopic (exact) mass is 718 g/mol. The Labute approximate surface area is 305 Å². The van der Waals surface area contributed by atoms with Gasteiger partial charge in [-0.3, -0.25) is 14.6 Å². The van der Waals surface area contributed by atoms with E-state index in [2.05, 4.69) is 32.1 Å². The SMILES string of the molecule is COc1ccc(-n2cc(C(=O)Nc3ccc(Oc4ccnc5cc(OCCCN6CCN(C)CC6)c(OC)cc45)c(F)c3)c(=O)c3cccnc32)cc1. The second kappa shape index (κ2) is 15.7. The Morgan fingerprint density at radius 3 is 2.42 bits per heavy atom. The maximum absolute atomic E-state index is 15.5. The van der Waals surface area contributed by atoms with E-state index in [1.54, 1.807) is 85.8 Å². The number of carbonyl (C=O) groups is 1. The Hall–Kier alpha value is -6.05. The van der Waals surface area contributed by atoms with Crippen LogP contribution in [0.15, 0.2) is 96.2 Å². The molecule has 1 amide bonds. The molecule has 0 unspecified atom stereocenters. The van der Waals surface area contributed by atoms with Crippen molar-refractivity contribution in [2.75, 3.05) is 65.9 Å². The summed E-state index contributed by atoms with van der Waals surface area (Å²) in [5, 5.41) is 3.51. The zero-order valence-electron chi connectivity index (χ0n) is 29.7. The van der Waals surface area contributed by atoms with Crippen LogP contribution < -0.4 is 29.7 Å². The normalized spacial score (nSPS) is 13.6. The number of methoxy groups -OCH3 is 2. The smallest absolute Gasteiger partial charge is 0.261 e. The number of aromatic nitrogens is 3. The van der Waals surface area contributed by atoms with Crippen LogP contribution in [0.1, 0.15) is 16.8 Å². The number of likely N-dealkylation sites (N-methyl/N-ethyl adjacent to an activating group) is 1. The first-order valence-electron chi connectivity index (χ1n) is 17.3. The van der Waals surface area contributed by atoms with Crippen LogP contribution in [0.2, 0.25) is 0 Å². The molecule has 1 fully saturated rings. The van der Waals surface area contributed by atoms with Crippen LogP contribution in [-0.2, 0) is 0 Å². The molecule has 0 radical (unpaired) electrons. The van der Waals surface area contributed by atoms with E-state index in [4.69, 9.17) is 18.9 Å². The molecule has 4 heterocycles. The molecule has 0 saturated carbocycles. The highest BCUT2D eigenvalue weighted by Gasteiger charge is 2.19. The lowest BCUT2D eigenvalue weighted by atomic mass is 10.1. The minimum Gasteiger partial charge on any atom is -0.497 e. The molecule has 1 aliphatic rings. The van der Waals surface area contributed by atoms with Gasteiger partial charge in [0.05, 0.1) is 31.7 Å². The molecule has 3 aromatic carbocycles. The molecule has 6 aromatic rings. The average molecular weight is 719 g/mol. The van der Waals surface area contributed by atoms with Gasteiger partial charge in [0.1, 0.15) is 22.7 Å². The van der Waals surface area contributed by atoms with Crippen molar-refractivity contribution >= 4 is 33.5 Å². The van der Waals surface area contributed by atoms with E-state index in [1.807, 2.05) is 0 Å². The van der Waals surface area contributed by atoms with E-state index in [0.29, 0.717) is 51.8 Å². The second-order valence-corrected chi connectivity index (χ2v) is 12.7. The van der Waals surface area contributed by atoms with Crippen LogP contribution in [0.5, 0.6) is 28.7 Å².